The maximum absolute atomic E-state index is 12.9. The highest BCUT2D eigenvalue weighted by molar-refractivity contribution is 5.67. The Morgan fingerprint density at radius 3 is 2.63 bits per heavy atom. The number of fused-ring (bicyclic) bond motifs is 1. The first kappa shape index (κ1) is 22.3. The van der Waals surface area contributed by atoms with Crippen LogP contribution in [0.25, 0.3) is 22.6 Å². The fourth-order valence-electron chi connectivity index (χ4n) is 3.44. The summed E-state index contributed by atoms with van der Waals surface area (Å²) in [6, 6.07) is 11.8. The quantitative estimate of drug-likeness (QED) is 0.362. The van der Waals surface area contributed by atoms with Crippen molar-refractivity contribution in [2.75, 3.05) is 7.11 Å². The summed E-state index contributed by atoms with van der Waals surface area (Å²) in [4.78, 5) is 21.4. The number of aromatic nitrogens is 7. The molecular formula is C22H16F3N7O3. The Kier molecular flexibility index (Phi) is 5.51. The highest BCUT2D eigenvalue weighted by atomic mass is 19.4. The van der Waals surface area contributed by atoms with Gasteiger partial charge in [0.1, 0.15) is 18.6 Å². The third-order valence-corrected chi connectivity index (χ3v) is 5.20. The van der Waals surface area contributed by atoms with Gasteiger partial charge in [-0.3, -0.25) is 9.36 Å². The first-order valence-corrected chi connectivity index (χ1v) is 10.2. The van der Waals surface area contributed by atoms with Crippen LogP contribution in [-0.2, 0) is 19.3 Å². The molecule has 0 fully saturated rings. The minimum absolute atomic E-state index is 0.0675. The molecule has 13 heteroatoms. The normalized spacial score (nSPS) is 11.8. The largest absolute Gasteiger partial charge is 0.497 e. The molecule has 0 aliphatic heterocycles. The van der Waals surface area contributed by atoms with Crippen molar-refractivity contribution < 1.29 is 22.4 Å². The number of methoxy groups -OCH3 is 1. The summed E-state index contributed by atoms with van der Waals surface area (Å²) in [5, 5.41) is 11.8. The van der Waals surface area contributed by atoms with E-state index >= 15 is 0 Å². The Bertz CT molecular complexity index is 1560. The average molecular weight is 483 g/mol. The number of halogens is 3. The number of nitrogens with zero attached hydrogens (tertiary/aromatic N) is 7. The Hall–Kier alpha value is -4.55. The topological polar surface area (TPSA) is 114 Å². The number of hydrogen-bond acceptors (Lipinski definition) is 8. The molecule has 0 atom stereocenters. The van der Waals surface area contributed by atoms with E-state index in [2.05, 4.69) is 25.4 Å². The lowest BCUT2D eigenvalue weighted by atomic mass is 10.1. The molecule has 3 heterocycles. The molecule has 0 saturated heterocycles. The van der Waals surface area contributed by atoms with Crippen molar-refractivity contribution in [2.45, 2.75) is 19.3 Å². The second kappa shape index (κ2) is 8.66. The molecule has 0 aliphatic rings. The van der Waals surface area contributed by atoms with Gasteiger partial charge in [0.2, 0.25) is 11.7 Å². The van der Waals surface area contributed by atoms with Crippen LogP contribution in [0.15, 0.2) is 64.2 Å². The molecule has 35 heavy (non-hydrogen) atoms. The SMILES string of the molecule is COc1cccc(Cn2nnc3c(=O)n(Cc4nc(-c5ccc(C(F)(F)F)cc5)no4)cnc32)c1. The Morgan fingerprint density at radius 2 is 1.89 bits per heavy atom. The fourth-order valence-corrected chi connectivity index (χ4v) is 3.44. The molecule has 0 amide bonds. The van der Waals surface area contributed by atoms with Gasteiger partial charge in [0.25, 0.3) is 5.56 Å². The standard InChI is InChI=1S/C22H16F3N7O3/c1-34-16-4-2-3-13(9-16)10-32-20-18(28-30-32)21(33)31(12-26-20)11-17-27-19(29-35-17)14-5-7-15(8-6-14)22(23,24)25/h2-9,12H,10-11H2,1H3. The van der Waals surface area contributed by atoms with Crippen LogP contribution in [0.2, 0.25) is 0 Å². The van der Waals surface area contributed by atoms with Crippen LogP contribution >= 0.6 is 0 Å². The zero-order valence-electron chi connectivity index (χ0n) is 18.1. The van der Waals surface area contributed by atoms with Crippen LogP contribution in [0, 0.1) is 0 Å². The molecule has 0 aliphatic carbocycles. The molecule has 0 N–H and O–H groups in total. The molecule has 0 saturated carbocycles. The zero-order chi connectivity index (χ0) is 24.6. The number of ether oxygens (including phenoxy) is 1. The van der Waals surface area contributed by atoms with E-state index in [4.69, 9.17) is 9.26 Å². The van der Waals surface area contributed by atoms with Crippen LogP contribution in [0.4, 0.5) is 13.2 Å². The smallest absolute Gasteiger partial charge is 0.416 e. The summed E-state index contributed by atoms with van der Waals surface area (Å²) in [7, 11) is 1.57. The molecule has 5 aromatic rings. The minimum atomic E-state index is -4.44. The molecule has 3 aromatic heterocycles. The van der Waals surface area contributed by atoms with E-state index in [1.54, 1.807) is 7.11 Å². The summed E-state index contributed by atoms with van der Waals surface area (Å²) in [5.41, 5.74) is 0.373. The van der Waals surface area contributed by atoms with Gasteiger partial charge in [-0.15, -0.1) is 5.10 Å². The summed E-state index contributed by atoms with van der Waals surface area (Å²) < 4.78 is 51.4. The van der Waals surface area contributed by atoms with E-state index in [1.165, 1.54) is 27.7 Å². The van der Waals surface area contributed by atoms with Gasteiger partial charge in [-0.05, 0) is 29.8 Å². The molecule has 10 nitrogen and oxygen atoms in total. The van der Waals surface area contributed by atoms with Crippen molar-refractivity contribution in [3.05, 3.63) is 82.2 Å². The summed E-state index contributed by atoms with van der Waals surface area (Å²) in [6.07, 6.45) is -3.12. The molecule has 0 unspecified atom stereocenters. The summed E-state index contributed by atoms with van der Waals surface area (Å²) >= 11 is 0. The zero-order valence-corrected chi connectivity index (χ0v) is 18.1. The number of rotatable bonds is 6. The summed E-state index contributed by atoms with van der Waals surface area (Å²) in [5.74, 6) is 0.865. The molecule has 0 spiro atoms. The predicted octanol–water partition coefficient (Wildman–Crippen LogP) is 3.16. The average Bonchev–Trinajstić information content (AvgIpc) is 3.48. The van der Waals surface area contributed by atoms with E-state index in [9.17, 15) is 18.0 Å². The maximum atomic E-state index is 12.9. The maximum Gasteiger partial charge on any atom is 0.416 e. The predicted molar refractivity (Wildman–Crippen MR) is 116 cm³/mol. The molecule has 5 rings (SSSR count). The van der Waals surface area contributed by atoms with Crippen LogP contribution in [0.5, 0.6) is 5.75 Å². The van der Waals surface area contributed by atoms with Gasteiger partial charge in [0.15, 0.2) is 11.2 Å². The van der Waals surface area contributed by atoms with Crippen molar-refractivity contribution in [3.63, 3.8) is 0 Å². The molecular weight excluding hydrogens is 467 g/mol. The van der Waals surface area contributed by atoms with Crippen LogP contribution in [0.3, 0.4) is 0 Å². The fraction of sp³-hybridized carbons (Fsp3) is 0.182. The van der Waals surface area contributed by atoms with Gasteiger partial charge in [0.05, 0.1) is 19.2 Å². The monoisotopic (exact) mass is 483 g/mol. The highest BCUT2D eigenvalue weighted by Crippen LogP contribution is 2.30. The lowest BCUT2D eigenvalue weighted by molar-refractivity contribution is -0.137. The van der Waals surface area contributed by atoms with Crippen molar-refractivity contribution in [1.82, 2.24) is 34.7 Å². The van der Waals surface area contributed by atoms with Crippen molar-refractivity contribution in [3.8, 4) is 17.1 Å². The molecule has 178 valence electrons. The minimum Gasteiger partial charge on any atom is -0.497 e. The van der Waals surface area contributed by atoms with E-state index in [0.717, 1.165) is 17.7 Å². The van der Waals surface area contributed by atoms with Crippen LogP contribution < -0.4 is 10.3 Å². The van der Waals surface area contributed by atoms with E-state index in [1.807, 2.05) is 24.3 Å². The van der Waals surface area contributed by atoms with Gasteiger partial charge >= 0.3 is 6.18 Å². The van der Waals surface area contributed by atoms with E-state index < -0.39 is 17.3 Å². The third-order valence-electron chi connectivity index (χ3n) is 5.20. The molecule has 0 radical (unpaired) electrons. The second-order valence-electron chi connectivity index (χ2n) is 7.54. The van der Waals surface area contributed by atoms with Gasteiger partial charge < -0.3 is 9.26 Å². The second-order valence-corrected chi connectivity index (χ2v) is 7.54. The van der Waals surface area contributed by atoms with Crippen molar-refractivity contribution in [1.29, 1.82) is 0 Å². The lowest BCUT2D eigenvalue weighted by Gasteiger charge is -2.06. The first-order chi connectivity index (χ1) is 16.8. The van der Waals surface area contributed by atoms with Gasteiger partial charge in [0, 0.05) is 5.56 Å². The van der Waals surface area contributed by atoms with Crippen LogP contribution in [-0.4, -0.2) is 41.8 Å². The summed E-state index contributed by atoms with van der Waals surface area (Å²) in [6.45, 7) is 0.239. The van der Waals surface area contributed by atoms with Gasteiger partial charge in [-0.1, -0.05) is 34.6 Å². The Morgan fingerprint density at radius 1 is 1.09 bits per heavy atom. The van der Waals surface area contributed by atoms with E-state index in [0.29, 0.717) is 23.5 Å². The van der Waals surface area contributed by atoms with Crippen molar-refractivity contribution in [2.24, 2.45) is 0 Å². The first-order valence-electron chi connectivity index (χ1n) is 10.2. The molecule has 0 bridgehead atoms. The lowest BCUT2D eigenvalue weighted by Crippen LogP contribution is -2.21. The number of hydrogen-bond donors (Lipinski definition) is 0. The Balaban J connectivity index is 1.36. The Labute approximate surface area is 194 Å². The van der Waals surface area contributed by atoms with Crippen LogP contribution in [0.1, 0.15) is 17.0 Å². The van der Waals surface area contributed by atoms with E-state index in [-0.39, 0.29) is 23.8 Å². The third kappa shape index (κ3) is 4.47. The van der Waals surface area contributed by atoms with Crippen molar-refractivity contribution >= 4 is 11.2 Å². The van der Waals surface area contributed by atoms with Gasteiger partial charge in [-0.2, -0.15) is 18.2 Å². The molecule has 2 aromatic carbocycles. The number of benzene rings is 2. The van der Waals surface area contributed by atoms with Gasteiger partial charge in [-0.25, -0.2) is 9.67 Å². The number of alkyl halides is 3. The highest BCUT2D eigenvalue weighted by Gasteiger charge is 2.30.